The van der Waals surface area contributed by atoms with Gasteiger partial charge in [0.05, 0.1) is 0 Å². The second kappa shape index (κ2) is 16.2. The first-order chi connectivity index (χ1) is 9.36. The number of rotatable bonds is 4. The summed E-state index contributed by atoms with van der Waals surface area (Å²) in [6, 6.07) is 9.76. The number of benzene rings is 1. The summed E-state index contributed by atoms with van der Waals surface area (Å²) in [5, 5.41) is 0. The third-order valence-corrected chi connectivity index (χ3v) is 1.76. The molecule has 0 heterocycles. The van der Waals surface area contributed by atoms with Crippen molar-refractivity contribution < 1.29 is 4.74 Å². The molecule has 0 aromatic heterocycles. The average Bonchev–Trinajstić information content (AvgIpc) is 2.50. The van der Waals surface area contributed by atoms with Crippen LogP contribution in [0.25, 0.3) is 0 Å². The van der Waals surface area contributed by atoms with Gasteiger partial charge in [-0.3, -0.25) is 0 Å². The summed E-state index contributed by atoms with van der Waals surface area (Å²) in [5.41, 5.74) is 0. The summed E-state index contributed by atoms with van der Waals surface area (Å²) in [5.74, 6) is 1.69. The smallest absolute Gasteiger partial charge is 0.127 e. The van der Waals surface area contributed by atoms with Crippen LogP contribution in [0.15, 0.2) is 66.5 Å². The van der Waals surface area contributed by atoms with Gasteiger partial charge in [0.2, 0.25) is 0 Å². The van der Waals surface area contributed by atoms with Crippen LogP contribution in [-0.4, -0.2) is 0 Å². The Labute approximate surface area is 119 Å². The van der Waals surface area contributed by atoms with E-state index in [0.29, 0.717) is 0 Å². The quantitative estimate of drug-likeness (QED) is 0.465. The molecule has 1 rings (SSSR count). The van der Waals surface area contributed by atoms with E-state index in [0.717, 1.165) is 11.5 Å². The Hall–Kier alpha value is -1.76. The number of ether oxygens (including phenoxy) is 1. The van der Waals surface area contributed by atoms with Crippen molar-refractivity contribution in [3.63, 3.8) is 0 Å². The van der Waals surface area contributed by atoms with Gasteiger partial charge in [0.1, 0.15) is 11.5 Å². The van der Waals surface area contributed by atoms with Gasteiger partial charge in [-0.2, -0.15) is 0 Å². The lowest BCUT2D eigenvalue weighted by Crippen LogP contribution is -1.91. The number of para-hydroxylation sites is 1. The van der Waals surface area contributed by atoms with E-state index >= 15 is 0 Å². The molecule has 0 N–H and O–H groups in total. The number of hydrogen-bond donors (Lipinski definition) is 0. The Morgan fingerprint density at radius 1 is 0.895 bits per heavy atom. The Bertz CT molecular complexity index is 359. The molecular weight excluding hydrogens is 232 g/mol. The van der Waals surface area contributed by atoms with Gasteiger partial charge in [-0.1, -0.05) is 64.1 Å². The highest BCUT2D eigenvalue weighted by Gasteiger charge is 1.93. The molecule has 0 aliphatic carbocycles. The highest BCUT2D eigenvalue weighted by Crippen LogP contribution is 2.13. The number of allylic oxidation sites excluding steroid dienone is 5. The van der Waals surface area contributed by atoms with E-state index < -0.39 is 0 Å². The van der Waals surface area contributed by atoms with Crippen LogP contribution in [0.2, 0.25) is 0 Å². The van der Waals surface area contributed by atoms with E-state index in [9.17, 15) is 0 Å². The third-order valence-electron chi connectivity index (χ3n) is 1.76. The van der Waals surface area contributed by atoms with Gasteiger partial charge in [0.15, 0.2) is 0 Å². The minimum Gasteiger partial charge on any atom is -0.457 e. The van der Waals surface area contributed by atoms with Crippen LogP contribution >= 0.6 is 0 Å². The largest absolute Gasteiger partial charge is 0.457 e. The van der Waals surface area contributed by atoms with Crippen LogP contribution in [0.1, 0.15) is 41.5 Å². The van der Waals surface area contributed by atoms with Crippen molar-refractivity contribution in [1.29, 1.82) is 0 Å². The molecule has 106 valence electrons. The second-order valence-corrected chi connectivity index (χ2v) is 3.01. The predicted octanol–water partition coefficient (Wildman–Crippen LogP) is 6.15. The maximum absolute atomic E-state index is 5.68. The molecule has 0 atom stereocenters. The summed E-state index contributed by atoms with van der Waals surface area (Å²) < 4.78 is 5.68. The maximum atomic E-state index is 5.68. The first-order valence-electron chi connectivity index (χ1n) is 7.05. The van der Waals surface area contributed by atoms with Crippen molar-refractivity contribution in [1.82, 2.24) is 0 Å². The van der Waals surface area contributed by atoms with Crippen molar-refractivity contribution in [2.24, 2.45) is 0 Å². The highest BCUT2D eigenvalue weighted by atomic mass is 16.5. The Morgan fingerprint density at radius 2 is 1.47 bits per heavy atom. The lowest BCUT2D eigenvalue weighted by Gasteiger charge is -2.04. The van der Waals surface area contributed by atoms with E-state index in [1.807, 2.05) is 102 Å². The normalized spacial score (nSPS) is 10.5. The maximum Gasteiger partial charge on any atom is 0.127 e. The summed E-state index contributed by atoms with van der Waals surface area (Å²) in [4.78, 5) is 0. The van der Waals surface area contributed by atoms with Crippen molar-refractivity contribution in [3.8, 4) is 5.75 Å². The van der Waals surface area contributed by atoms with Crippen LogP contribution in [0, 0.1) is 0 Å². The van der Waals surface area contributed by atoms with Gasteiger partial charge in [0.25, 0.3) is 0 Å². The van der Waals surface area contributed by atoms with E-state index in [2.05, 4.69) is 0 Å². The molecule has 0 aliphatic heterocycles. The SMILES string of the molecule is CC.CC.C\C=C/C=C(\C=C/C)Oc1ccccc1. The molecule has 1 nitrogen and oxygen atoms in total. The molecule has 0 radical (unpaired) electrons. The van der Waals surface area contributed by atoms with Gasteiger partial charge < -0.3 is 4.74 Å². The Balaban J connectivity index is 0. The molecule has 0 aliphatic rings. The lowest BCUT2D eigenvalue weighted by atomic mass is 10.3. The van der Waals surface area contributed by atoms with Gasteiger partial charge in [-0.05, 0) is 38.1 Å². The van der Waals surface area contributed by atoms with Crippen molar-refractivity contribution >= 4 is 0 Å². The minimum absolute atomic E-state index is 0.835. The molecule has 1 heteroatoms. The van der Waals surface area contributed by atoms with Crippen LogP contribution in [0.5, 0.6) is 5.75 Å². The van der Waals surface area contributed by atoms with Gasteiger partial charge in [-0.25, -0.2) is 0 Å². The standard InChI is InChI=1S/C14H16O.2C2H6/c1-3-5-10-13(9-4-2)15-14-11-7-6-8-12-14;2*1-2/h3-12H,1-2H3;2*1-2H3/b5-3-,9-4-,13-10+;;. The molecule has 0 saturated carbocycles. The fraction of sp³-hybridized carbons (Fsp3) is 0.333. The Kier molecular flexibility index (Phi) is 16.7. The fourth-order valence-electron chi connectivity index (χ4n) is 1.10. The van der Waals surface area contributed by atoms with E-state index in [1.54, 1.807) is 0 Å². The van der Waals surface area contributed by atoms with E-state index in [-0.39, 0.29) is 0 Å². The molecule has 0 fully saturated rings. The molecule has 0 unspecified atom stereocenters. The molecule has 0 amide bonds. The second-order valence-electron chi connectivity index (χ2n) is 3.01. The van der Waals surface area contributed by atoms with Crippen molar-refractivity contribution in [2.45, 2.75) is 41.5 Å². The monoisotopic (exact) mass is 260 g/mol. The van der Waals surface area contributed by atoms with E-state index in [4.69, 9.17) is 4.74 Å². The molecule has 0 bridgehead atoms. The number of hydrogen-bond acceptors (Lipinski definition) is 1. The first kappa shape index (κ1) is 19.6. The summed E-state index contributed by atoms with van der Waals surface area (Å²) in [7, 11) is 0. The van der Waals surface area contributed by atoms with Crippen LogP contribution in [0.3, 0.4) is 0 Å². The zero-order chi connectivity index (χ0) is 14.9. The van der Waals surface area contributed by atoms with Crippen molar-refractivity contribution in [2.75, 3.05) is 0 Å². The first-order valence-corrected chi connectivity index (χ1v) is 7.05. The molecule has 19 heavy (non-hydrogen) atoms. The van der Waals surface area contributed by atoms with E-state index in [1.165, 1.54) is 0 Å². The summed E-state index contributed by atoms with van der Waals surface area (Å²) >= 11 is 0. The topological polar surface area (TPSA) is 9.23 Å². The van der Waals surface area contributed by atoms with Crippen molar-refractivity contribution in [3.05, 3.63) is 66.5 Å². The highest BCUT2D eigenvalue weighted by molar-refractivity contribution is 5.27. The fourth-order valence-corrected chi connectivity index (χ4v) is 1.10. The third kappa shape index (κ3) is 11.1. The summed E-state index contributed by atoms with van der Waals surface area (Å²) in [6.07, 6.45) is 9.76. The molecule has 0 spiro atoms. The lowest BCUT2D eigenvalue weighted by molar-refractivity contribution is 0.444. The summed E-state index contributed by atoms with van der Waals surface area (Å²) in [6.45, 7) is 11.9. The molecule has 1 aromatic rings. The van der Waals surface area contributed by atoms with Crippen LogP contribution in [0.4, 0.5) is 0 Å². The van der Waals surface area contributed by atoms with Crippen LogP contribution < -0.4 is 4.74 Å². The predicted molar refractivity (Wildman–Crippen MR) is 87.5 cm³/mol. The van der Waals surface area contributed by atoms with Gasteiger partial charge in [-0.15, -0.1) is 0 Å². The zero-order valence-electron chi connectivity index (χ0n) is 13.2. The Morgan fingerprint density at radius 3 is 1.95 bits per heavy atom. The average molecular weight is 260 g/mol. The van der Waals surface area contributed by atoms with Crippen LogP contribution in [-0.2, 0) is 0 Å². The molecular formula is C18H28O. The zero-order valence-corrected chi connectivity index (χ0v) is 13.2. The van der Waals surface area contributed by atoms with Gasteiger partial charge >= 0.3 is 0 Å². The minimum atomic E-state index is 0.835. The molecule has 1 aromatic carbocycles. The molecule has 0 saturated heterocycles. The van der Waals surface area contributed by atoms with Gasteiger partial charge in [0, 0.05) is 0 Å².